The standard InChI is InChI=1S/C9H11F3N2.2C2H6/c1-2-7-6(5-9(10,11)12)3-4-8(13)14-7;2*1-2/h3-4H,2,5H2,1H3,(H2,13,14);2*1-2H3. The molecular weight excluding hydrogens is 241 g/mol. The van der Waals surface area contributed by atoms with Crippen LogP contribution < -0.4 is 5.73 Å². The first-order valence-corrected chi connectivity index (χ1v) is 6.23. The van der Waals surface area contributed by atoms with Gasteiger partial charge in [-0.25, -0.2) is 4.98 Å². The molecular formula is C13H23F3N2. The summed E-state index contributed by atoms with van der Waals surface area (Å²) in [4.78, 5) is 3.85. The molecule has 0 spiro atoms. The second-order valence-corrected chi connectivity index (χ2v) is 2.99. The Morgan fingerprint density at radius 3 is 2.00 bits per heavy atom. The third-order valence-corrected chi connectivity index (χ3v) is 1.82. The summed E-state index contributed by atoms with van der Waals surface area (Å²) in [5.41, 5.74) is 6.00. The van der Waals surface area contributed by atoms with Crippen molar-refractivity contribution in [1.29, 1.82) is 0 Å². The smallest absolute Gasteiger partial charge is 0.384 e. The predicted molar refractivity (Wildman–Crippen MR) is 70.5 cm³/mol. The topological polar surface area (TPSA) is 38.9 Å². The van der Waals surface area contributed by atoms with E-state index in [0.29, 0.717) is 12.1 Å². The quantitative estimate of drug-likeness (QED) is 0.860. The molecule has 106 valence electrons. The largest absolute Gasteiger partial charge is 0.393 e. The second kappa shape index (κ2) is 9.74. The Labute approximate surface area is 107 Å². The first-order valence-electron chi connectivity index (χ1n) is 6.23. The van der Waals surface area contributed by atoms with Gasteiger partial charge in [0.2, 0.25) is 0 Å². The van der Waals surface area contributed by atoms with Crippen LogP contribution in [-0.4, -0.2) is 11.2 Å². The Morgan fingerprint density at radius 2 is 1.61 bits per heavy atom. The zero-order valence-electron chi connectivity index (χ0n) is 11.7. The number of aryl methyl sites for hydroxylation is 1. The molecule has 0 aliphatic rings. The van der Waals surface area contributed by atoms with Gasteiger partial charge in [0.1, 0.15) is 5.82 Å². The summed E-state index contributed by atoms with van der Waals surface area (Å²) in [7, 11) is 0. The summed E-state index contributed by atoms with van der Waals surface area (Å²) < 4.78 is 36.3. The van der Waals surface area contributed by atoms with Gasteiger partial charge in [0, 0.05) is 5.69 Å². The molecule has 2 N–H and O–H groups in total. The summed E-state index contributed by atoms with van der Waals surface area (Å²) in [6, 6.07) is 2.77. The fraction of sp³-hybridized carbons (Fsp3) is 0.615. The molecule has 0 atom stereocenters. The summed E-state index contributed by atoms with van der Waals surface area (Å²) in [5, 5.41) is 0. The van der Waals surface area contributed by atoms with Gasteiger partial charge >= 0.3 is 6.18 Å². The van der Waals surface area contributed by atoms with Gasteiger partial charge in [-0.05, 0) is 18.1 Å². The van der Waals surface area contributed by atoms with E-state index in [1.165, 1.54) is 12.1 Å². The zero-order chi connectivity index (χ0) is 14.8. The minimum absolute atomic E-state index is 0.203. The molecule has 18 heavy (non-hydrogen) atoms. The molecule has 1 rings (SSSR count). The molecule has 0 amide bonds. The highest BCUT2D eigenvalue weighted by Gasteiger charge is 2.28. The van der Waals surface area contributed by atoms with Crippen molar-refractivity contribution in [2.24, 2.45) is 0 Å². The monoisotopic (exact) mass is 264 g/mol. The van der Waals surface area contributed by atoms with Crippen molar-refractivity contribution < 1.29 is 13.2 Å². The summed E-state index contributed by atoms with van der Waals surface area (Å²) in [6.07, 6.45) is -4.68. The van der Waals surface area contributed by atoms with Gasteiger partial charge in [-0.2, -0.15) is 13.2 Å². The Bertz CT molecular complexity index is 323. The number of halogens is 3. The zero-order valence-corrected chi connectivity index (χ0v) is 11.7. The number of anilines is 1. The molecule has 2 nitrogen and oxygen atoms in total. The molecule has 0 bridgehead atoms. The average molecular weight is 264 g/mol. The van der Waals surface area contributed by atoms with Crippen molar-refractivity contribution >= 4 is 5.82 Å². The van der Waals surface area contributed by atoms with E-state index in [0.717, 1.165) is 0 Å². The molecule has 5 heteroatoms. The summed E-state index contributed by atoms with van der Waals surface area (Å²) >= 11 is 0. The van der Waals surface area contributed by atoms with E-state index < -0.39 is 12.6 Å². The third-order valence-electron chi connectivity index (χ3n) is 1.82. The van der Waals surface area contributed by atoms with E-state index in [1.807, 2.05) is 27.7 Å². The van der Waals surface area contributed by atoms with Crippen molar-refractivity contribution in [2.75, 3.05) is 5.73 Å². The first-order chi connectivity index (χ1) is 8.42. The lowest BCUT2D eigenvalue weighted by Crippen LogP contribution is -2.14. The lowest BCUT2D eigenvalue weighted by molar-refractivity contribution is -0.127. The van der Waals surface area contributed by atoms with E-state index in [4.69, 9.17) is 5.73 Å². The van der Waals surface area contributed by atoms with E-state index in [-0.39, 0.29) is 11.4 Å². The minimum atomic E-state index is -4.19. The van der Waals surface area contributed by atoms with Crippen LogP contribution in [0.2, 0.25) is 0 Å². The lowest BCUT2D eigenvalue weighted by atomic mass is 10.1. The minimum Gasteiger partial charge on any atom is -0.384 e. The normalized spacial score (nSPS) is 9.78. The van der Waals surface area contributed by atoms with Crippen LogP contribution in [0, 0.1) is 0 Å². The maximum Gasteiger partial charge on any atom is 0.393 e. The van der Waals surface area contributed by atoms with Crippen molar-refractivity contribution in [3.05, 3.63) is 23.4 Å². The van der Waals surface area contributed by atoms with Crippen LogP contribution in [0.4, 0.5) is 19.0 Å². The van der Waals surface area contributed by atoms with Crippen LogP contribution in [0.25, 0.3) is 0 Å². The van der Waals surface area contributed by atoms with Crippen LogP contribution in [0.3, 0.4) is 0 Å². The molecule has 0 saturated carbocycles. The van der Waals surface area contributed by atoms with Gasteiger partial charge in [0.25, 0.3) is 0 Å². The predicted octanol–water partition coefficient (Wildman–Crippen LogP) is 4.38. The van der Waals surface area contributed by atoms with Crippen molar-refractivity contribution in [2.45, 2.75) is 53.6 Å². The van der Waals surface area contributed by atoms with Crippen molar-refractivity contribution in [3.63, 3.8) is 0 Å². The Kier molecular flexibility index (Phi) is 10.3. The van der Waals surface area contributed by atoms with Crippen molar-refractivity contribution in [1.82, 2.24) is 4.98 Å². The van der Waals surface area contributed by atoms with Crippen LogP contribution in [0.15, 0.2) is 12.1 Å². The van der Waals surface area contributed by atoms with E-state index >= 15 is 0 Å². The third kappa shape index (κ3) is 7.92. The average Bonchev–Trinajstić information content (AvgIpc) is 2.35. The first kappa shape index (κ1) is 19.1. The van der Waals surface area contributed by atoms with Gasteiger partial charge in [0.15, 0.2) is 0 Å². The molecule has 0 unspecified atom stereocenters. The number of nitrogens with two attached hydrogens (primary N) is 1. The van der Waals surface area contributed by atoms with Crippen LogP contribution >= 0.6 is 0 Å². The SMILES string of the molecule is CC.CC.CCc1nc(N)ccc1CC(F)(F)F. The number of nitrogen functional groups attached to an aromatic ring is 1. The maximum absolute atomic E-state index is 12.1. The molecule has 1 aromatic rings. The molecule has 1 heterocycles. The Morgan fingerprint density at radius 1 is 1.11 bits per heavy atom. The Balaban J connectivity index is 0. The molecule has 0 radical (unpaired) electrons. The molecule has 0 aliphatic carbocycles. The number of hydrogen-bond acceptors (Lipinski definition) is 2. The Hall–Kier alpha value is -1.26. The molecule has 0 saturated heterocycles. The van der Waals surface area contributed by atoms with Crippen LogP contribution in [0.5, 0.6) is 0 Å². The van der Waals surface area contributed by atoms with Crippen molar-refractivity contribution in [3.8, 4) is 0 Å². The van der Waals surface area contributed by atoms with E-state index in [9.17, 15) is 13.2 Å². The fourth-order valence-corrected chi connectivity index (χ4v) is 1.23. The van der Waals surface area contributed by atoms with Gasteiger partial charge in [-0.1, -0.05) is 40.7 Å². The number of pyridine rings is 1. The van der Waals surface area contributed by atoms with Crippen LogP contribution in [0.1, 0.15) is 45.9 Å². The highest BCUT2D eigenvalue weighted by atomic mass is 19.4. The fourth-order valence-electron chi connectivity index (χ4n) is 1.23. The van der Waals surface area contributed by atoms with Crippen LogP contribution in [-0.2, 0) is 12.8 Å². The highest BCUT2D eigenvalue weighted by Crippen LogP contribution is 2.23. The molecule has 0 aromatic carbocycles. The number of alkyl halides is 3. The van der Waals surface area contributed by atoms with Gasteiger partial charge in [-0.3, -0.25) is 0 Å². The number of rotatable bonds is 2. The number of hydrogen-bond donors (Lipinski definition) is 1. The number of aromatic nitrogens is 1. The molecule has 0 fully saturated rings. The lowest BCUT2D eigenvalue weighted by Gasteiger charge is -2.10. The summed E-state index contributed by atoms with van der Waals surface area (Å²) in [5.74, 6) is 0.257. The molecule has 0 aliphatic heterocycles. The maximum atomic E-state index is 12.1. The van der Waals surface area contributed by atoms with Gasteiger partial charge < -0.3 is 5.73 Å². The van der Waals surface area contributed by atoms with Gasteiger partial charge in [-0.15, -0.1) is 0 Å². The second-order valence-electron chi connectivity index (χ2n) is 2.99. The van der Waals surface area contributed by atoms with Gasteiger partial charge in [0.05, 0.1) is 6.42 Å². The summed E-state index contributed by atoms with van der Waals surface area (Å²) in [6.45, 7) is 9.75. The van der Waals surface area contributed by atoms with E-state index in [1.54, 1.807) is 6.92 Å². The number of nitrogens with zero attached hydrogens (tertiary/aromatic N) is 1. The highest BCUT2D eigenvalue weighted by molar-refractivity contribution is 5.34. The molecule has 1 aromatic heterocycles. The van der Waals surface area contributed by atoms with E-state index in [2.05, 4.69) is 4.98 Å².